The van der Waals surface area contributed by atoms with E-state index in [2.05, 4.69) is 18.7 Å². The number of anilines is 1. The Kier molecular flexibility index (Phi) is 6.57. The van der Waals surface area contributed by atoms with E-state index in [4.69, 9.17) is 9.47 Å². The van der Waals surface area contributed by atoms with Crippen LogP contribution in [0.3, 0.4) is 0 Å². The summed E-state index contributed by atoms with van der Waals surface area (Å²) in [6.07, 6.45) is 0. The molecule has 5 nitrogen and oxygen atoms in total. The lowest BCUT2D eigenvalue weighted by molar-refractivity contribution is 0.0474. The van der Waals surface area contributed by atoms with Crippen molar-refractivity contribution in [3.05, 3.63) is 59.7 Å². The molecule has 25 heavy (non-hydrogen) atoms. The van der Waals surface area contributed by atoms with Gasteiger partial charge in [-0.2, -0.15) is 0 Å². The SMILES string of the molecule is CCN(CC)c1ccc(C(=O)OCC(=O)c2ccccc2OC)cc1. The molecule has 0 aliphatic heterocycles. The van der Waals surface area contributed by atoms with Crippen molar-refractivity contribution < 1.29 is 19.1 Å². The summed E-state index contributed by atoms with van der Waals surface area (Å²) in [5.41, 5.74) is 1.87. The molecule has 0 fully saturated rings. The van der Waals surface area contributed by atoms with Crippen molar-refractivity contribution >= 4 is 17.4 Å². The molecule has 0 heterocycles. The monoisotopic (exact) mass is 341 g/mol. The summed E-state index contributed by atoms with van der Waals surface area (Å²) in [6, 6.07) is 14.0. The first-order valence-electron chi connectivity index (χ1n) is 8.29. The van der Waals surface area contributed by atoms with Gasteiger partial charge in [0.05, 0.1) is 18.2 Å². The second-order valence-electron chi connectivity index (χ2n) is 5.42. The number of carbonyl (C=O) groups is 2. The van der Waals surface area contributed by atoms with Gasteiger partial charge in [0.2, 0.25) is 5.78 Å². The Bertz CT molecular complexity index is 721. The second-order valence-corrected chi connectivity index (χ2v) is 5.42. The molecular formula is C20H23NO4. The van der Waals surface area contributed by atoms with Gasteiger partial charge in [-0.15, -0.1) is 0 Å². The summed E-state index contributed by atoms with van der Waals surface area (Å²) in [5, 5.41) is 0. The third kappa shape index (κ3) is 4.59. The molecule has 2 aromatic carbocycles. The topological polar surface area (TPSA) is 55.8 Å². The van der Waals surface area contributed by atoms with Crippen molar-refractivity contribution in [3.63, 3.8) is 0 Å². The first-order valence-corrected chi connectivity index (χ1v) is 8.29. The Morgan fingerprint density at radius 1 is 0.960 bits per heavy atom. The molecule has 0 saturated carbocycles. The zero-order chi connectivity index (χ0) is 18.2. The summed E-state index contributed by atoms with van der Waals surface area (Å²) < 4.78 is 10.3. The summed E-state index contributed by atoms with van der Waals surface area (Å²) >= 11 is 0. The quantitative estimate of drug-likeness (QED) is 0.542. The summed E-state index contributed by atoms with van der Waals surface area (Å²) in [4.78, 5) is 26.5. The number of hydrogen-bond acceptors (Lipinski definition) is 5. The van der Waals surface area contributed by atoms with Crippen LogP contribution in [0.15, 0.2) is 48.5 Å². The number of benzene rings is 2. The lowest BCUT2D eigenvalue weighted by Crippen LogP contribution is -2.21. The Hall–Kier alpha value is -2.82. The van der Waals surface area contributed by atoms with Crippen LogP contribution in [-0.4, -0.2) is 38.6 Å². The first kappa shape index (κ1) is 18.5. The number of para-hydroxylation sites is 1. The average Bonchev–Trinajstić information content (AvgIpc) is 2.67. The fraction of sp³-hybridized carbons (Fsp3) is 0.300. The molecule has 0 N–H and O–H groups in total. The Labute approximate surface area is 148 Å². The molecule has 0 amide bonds. The molecule has 0 saturated heterocycles. The number of ketones is 1. The van der Waals surface area contributed by atoms with Gasteiger partial charge < -0.3 is 14.4 Å². The third-order valence-electron chi connectivity index (χ3n) is 3.97. The molecule has 5 heteroatoms. The summed E-state index contributed by atoms with van der Waals surface area (Å²) in [5.74, 6) is -0.355. The minimum atomic E-state index is -0.519. The summed E-state index contributed by atoms with van der Waals surface area (Å²) in [6.45, 7) is 5.63. The standard InChI is InChI=1S/C20H23NO4/c1-4-21(5-2)16-12-10-15(11-13-16)20(23)25-14-18(22)17-8-6-7-9-19(17)24-3/h6-13H,4-5,14H2,1-3H3. The van der Waals surface area contributed by atoms with E-state index >= 15 is 0 Å². The van der Waals surface area contributed by atoms with E-state index in [1.54, 1.807) is 36.4 Å². The van der Waals surface area contributed by atoms with E-state index in [1.807, 2.05) is 12.1 Å². The maximum atomic E-state index is 12.2. The van der Waals surface area contributed by atoms with Crippen LogP contribution in [0, 0.1) is 0 Å². The minimum absolute atomic E-state index is 0.300. The van der Waals surface area contributed by atoms with Crippen molar-refractivity contribution in [2.75, 3.05) is 31.7 Å². The molecule has 0 bridgehead atoms. The van der Waals surface area contributed by atoms with E-state index in [9.17, 15) is 9.59 Å². The molecule has 0 radical (unpaired) electrons. The van der Waals surface area contributed by atoms with Gasteiger partial charge >= 0.3 is 5.97 Å². The van der Waals surface area contributed by atoms with Gasteiger partial charge in [0, 0.05) is 18.8 Å². The molecule has 0 aromatic heterocycles. The number of esters is 1. The fourth-order valence-electron chi connectivity index (χ4n) is 2.56. The van der Waals surface area contributed by atoms with E-state index in [0.29, 0.717) is 16.9 Å². The summed E-state index contributed by atoms with van der Waals surface area (Å²) in [7, 11) is 1.50. The zero-order valence-corrected chi connectivity index (χ0v) is 14.8. The Morgan fingerprint density at radius 2 is 1.60 bits per heavy atom. The molecule has 0 unspecified atom stereocenters. The van der Waals surface area contributed by atoms with Gasteiger partial charge in [0.1, 0.15) is 5.75 Å². The number of ether oxygens (including phenoxy) is 2. The van der Waals surface area contributed by atoms with Crippen molar-refractivity contribution in [1.29, 1.82) is 0 Å². The predicted molar refractivity (Wildman–Crippen MR) is 97.6 cm³/mol. The molecule has 2 aromatic rings. The highest BCUT2D eigenvalue weighted by atomic mass is 16.5. The van der Waals surface area contributed by atoms with Gasteiger partial charge in [0.25, 0.3) is 0 Å². The number of methoxy groups -OCH3 is 1. The maximum absolute atomic E-state index is 12.2. The first-order chi connectivity index (χ1) is 12.1. The molecule has 0 aliphatic carbocycles. The highest BCUT2D eigenvalue weighted by Crippen LogP contribution is 2.19. The number of rotatable bonds is 8. The molecular weight excluding hydrogens is 318 g/mol. The van der Waals surface area contributed by atoms with Crippen LogP contribution in [-0.2, 0) is 4.74 Å². The van der Waals surface area contributed by atoms with Gasteiger partial charge in [0.15, 0.2) is 6.61 Å². The van der Waals surface area contributed by atoms with E-state index in [-0.39, 0.29) is 12.4 Å². The van der Waals surface area contributed by atoms with Crippen LogP contribution in [0.1, 0.15) is 34.6 Å². The van der Waals surface area contributed by atoms with Crippen LogP contribution in [0.2, 0.25) is 0 Å². The molecule has 0 aliphatic rings. The normalized spacial score (nSPS) is 10.2. The molecule has 2 rings (SSSR count). The van der Waals surface area contributed by atoms with Crippen molar-refractivity contribution in [3.8, 4) is 5.75 Å². The Balaban J connectivity index is 1.99. The van der Waals surface area contributed by atoms with Gasteiger partial charge in [-0.3, -0.25) is 4.79 Å². The number of carbonyl (C=O) groups excluding carboxylic acids is 2. The third-order valence-corrected chi connectivity index (χ3v) is 3.97. The smallest absolute Gasteiger partial charge is 0.338 e. The van der Waals surface area contributed by atoms with Crippen LogP contribution in [0.25, 0.3) is 0 Å². The highest BCUT2D eigenvalue weighted by molar-refractivity contribution is 6.01. The van der Waals surface area contributed by atoms with E-state index in [1.165, 1.54) is 7.11 Å². The number of nitrogens with zero attached hydrogens (tertiary/aromatic N) is 1. The lowest BCUT2D eigenvalue weighted by Gasteiger charge is -2.20. The van der Waals surface area contributed by atoms with Gasteiger partial charge in [-0.05, 0) is 50.2 Å². The van der Waals surface area contributed by atoms with Crippen molar-refractivity contribution in [2.24, 2.45) is 0 Å². The fourth-order valence-corrected chi connectivity index (χ4v) is 2.56. The lowest BCUT2D eigenvalue weighted by atomic mass is 10.1. The largest absolute Gasteiger partial charge is 0.496 e. The highest BCUT2D eigenvalue weighted by Gasteiger charge is 2.15. The maximum Gasteiger partial charge on any atom is 0.338 e. The number of hydrogen-bond donors (Lipinski definition) is 0. The molecule has 132 valence electrons. The van der Waals surface area contributed by atoms with Gasteiger partial charge in [-0.1, -0.05) is 12.1 Å². The van der Waals surface area contributed by atoms with Crippen LogP contribution < -0.4 is 9.64 Å². The van der Waals surface area contributed by atoms with Crippen molar-refractivity contribution in [1.82, 2.24) is 0 Å². The average molecular weight is 341 g/mol. The molecule has 0 atom stereocenters. The van der Waals surface area contributed by atoms with Crippen LogP contribution in [0.4, 0.5) is 5.69 Å². The van der Waals surface area contributed by atoms with Crippen LogP contribution >= 0.6 is 0 Å². The second kappa shape index (κ2) is 8.87. The minimum Gasteiger partial charge on any atom is -0.496 e. The molecule has 0 spiro atoms. The predicted octanol–water partition coefficient (Wildman–Crippen LogP) is 3.58. The van der Waals surface area contributed by atoms with Crippen molar-refractivity contribution in [2.45, 2.75) is 13.8 Å². The van der Waals surface area contributed by atoms with Crippen LogP contribution in [0.5, 0.6) is 5.75 Å². The Morgan fingerprint density at radius 3 is 2.20 bits per heavy atom. The van der Waals surface area contributed by atoms with E-state index in [0.717, 1.165) is 18.8 Å². The van der Waals surface area contributed by atoms with Gasteiger partial charge in [-0.25, -0.2) is 4.79 Å². The van der Waals surface area contributed by atoms with E-state index < -0.39 is 5.97 Å². The zero-order valence-electron chi connectivity index (χ0n) is 14.8. The number of Topliss-reactive ketones (excluding diaryl/α,β-unsaturated/α-hetero) is 1.